The monoisotopic (exact) mass is 691 g/mol. The van der Waals surface area contributed by atoms with Crippen LogP contribution in [0.5, 0.6) is 11.5 Å². The Morgan fingerprint density at radius 1 is 0.796 bits per heavy atom. The number of ketones is 1. The van der Waals surface area contributed by atoms with Crippen molar-refractivity contribution in [2.45, 2.75) is 103 Å². The van der Waals surface area contributed by atoms with Crippen molar-refractivity contribution < 1.29 is 76.2 Å². The number of fused-ring (bicyclic) bond motifs is 6. The first-order valence-corrected chi connectivity index (χ1v) is 15.6. The molecule has 1 amide bonds. The average Bonchev–Trinajstić information content (AvgIpc) is 3.39. The number of hydrogen-bond donors (Lipinski definition) is 0. The minimum absolute atomic E-state index is 0.0000853. The first-order chi connectivity index (χ1) is 23.2. The molecule has 1 unspecified atom stereocenters. The lowest BCUT2D eigenvalue weighted by Gasteiger charge is -2.45. The Balaban J connectivity index is 1.55. The molecule has 17 nitrogen and oxygen atoms in total. The molecular formula is C32H37NO16. The summed E-state index contributed by atoms with van der Waals surface area (Å²) in [7, 11) is 0. The molecule has 49 heavy (non-hydrogen) atoms. The second-order valence-electron chi connectivity index (χ2n) is 11.9. The third-order valence-corrected chi connectivity index (χ3v) is 8.29. The van der Waals surface area contributed by atoms with Gasteiger partial charge in [0.15, 0.2) is 36.1 Å². The van der Waals surface area contributed by atoms with Crippen molar-refractivity contribution in [2.24, 2.45) is 0 Å². The zero-order valence-corrected chi connectivity index (χ0v) is 27.5. The molecule has 2 fully saturated rings. The van der Waals surface area contributed by atoms with Gasteiger partial charge in [0, 0.05) is 60.0 Å². The third kappa shape index (κ3) is 8.10. The van der Waals surface area contributed by atoms with E-state index >= 15 is 0 Å². The van der Waals surface area contributed by atoms with Gasteiger partial charge in [0.05, 0.1) is 0 Å². The van der Waals surface area contributed by atoms with E-state index in [1.165, 1.54) is 4.90 Å². The van der Waals surface area contributed by atoms with Gasteiger partial charge < -0.3 is 47.5 Å². The second-order valence-corrected chi connectivity index (χ2v) is 11.9. The van der Waals surface area contributed by atoms with E-state index in [-0.39, 0.29) is 32.1 Å². The van der Waals surface area contributed by atoms with Crippen LogP contribution in [0.2, 0.25) is 0 Å². The number of Topliss-reactive ketones (excluding diaryl/α,β-unsaturated/α-hetero) is 1. The van der Waals surface area contributed by atoms with Gasteiger partial charge in [-0.15, -0.1) is 0 Å². The van der Waals surface area contributed by atoms with Crippen LogP contribution in [-0.4, -0.2) is 109 Å². The van der Waals surface area contributed by atoms with E-state index in [9.17, 15) is 33.6 Å². The summed E-state index contributed by atoms with van der Waals surface area (Å²) < 4.78 is 50.3. The van der Waals surface area contributed by atoms with Crippen LogP contribution >= 0.6 is 0 Å². The molecule has 5 rings (SSSR count). The number of hydrogen-bond acceptors (Lipinski definition) is 16. The SMILES string of the molecule is CC(=O)OC[C@H]1OC(O[C@@H]2CC(=O)[C@H]3CCN(Cc4cc5c(cc43)OCO5)C(=O)[C@H]2OC(C)=O)[C@@H](OC(C)=O)[C@@H](OC(C)=O)[C@@H]1OC(C)=O. The fourth-order valence-corrected chi connectivity index (χ4v) is 6.39. The molecule has 0 saturated carbocycles. The Hall–Kier alpha value is -4.77. The van der Waals surface area contributed by atoms with Gasteiger partial charge in [0.25, 0.3) is 5.91 Å². The lowest BCUT2D eigenvalue weighted by molar-refractivity contribution is -0.321. The number of nitrogens with zero attached hydrogens (tertiary/aromatic N) is 1. The molecule has 4 aliphatic heterocycles. The zero-order valence-electron chi connectivity index (χ0n) is 27.5. The average molecular weight is 692 g/mol. The van der Waals surface area contributed by atoms with E-state index in [0.717, 1.165) is 34.6 Å². The van der Waals surface area contributed by atoms with Crippen molar-refractivity contribution in [1.82, 2.24) is 4.90 Å². The number of ether oxygens (including phenoxy) is 9. The molecule has 4 heterocycles. The molecule has 1 aromatic rings. The molecule has 2 bridgehead atoms. The van der Waals surface area contributed by atoms with E-state index < -0.39 is 97.6 Å². The summed E-state index contributed by atoms with van der Waals surface area (Å²) in [6, 6.07) is 3.44. The Labute approximate surface area is 280 Å². The number of benzene rings is 1. The van der Waals surface area contributed by atoms with Gasteiger partial charge in [0.2, 0.25) is 12.9 Å². The molecule has 4 aliphatic rings. The number of amides is 1. The summed E-state index contributed by atoms with van der Waals surface area (Å²) in [6.45, 7) is 5.06. The lowest BCUT2D eigenvalue weighted by Crippen LogP contribution is -2.64. The van der Waals surface area contributed by atoms with Crippen molar-refractivity contribution in [2.75, 3.05) is 19.9 Å². The summed E-state index contributed by atoms with van der Waals surface area (Å²) in [5, 5.41) is 0. The molecule has 8 atom stereocenters. The van der Waals surface area contributed by atoms with Gasteiger partial charge in [-0.1, -0.05) is 0 Å². The van der Waals surface area contributed by atoms with E-state index in [2.05, 4.69) is 0 Å². The van der Waals surface area contributed by atoms with Crippen LogP contribution in [0.15, 0.2) is 12.1 Å². The Morgan fingerprint density at radius 3 is 2.04 bits per heavy atom. The number of carbonyl (C=O) groups excluding carboxylic acids is 7. The largest absolute Gasteiger partial charge is 0.463 e. The minimum atomic E-state index is -1.74. The molecule has 2 saturated heterocycles. The van der Waals surface area contributed by atoms with Crippen molar-refractivity contribution in [3.8, 4) is 11.5 Å². The molecule has 0 spiro atoms. The van der Waals surface area contributed by atoms with Gasteiger partial charge in [-0.3, -0.25) is 33.6 Å². The summed E-state index contributed by atoms with van der Waals surface area (Å²) in [5.41, 5.74) is 1.30. The maximum Gasteiger partial charge on any atom is 0.303 e. The predicted molar refractivity (Wildman–Crippen MR) is 157 cm³/mol. The maximum absolute atomic E-state index is 14.2. The summed E-state index contributed by atoms with van der Waals surface area (Å²) >= 11 is 0. The van der Waals surface area contributed by atoms with Gasteiger partial charge >= 0.3 is 29.8 Å². The van der Waals surface area contributed by atoms with Crippen LogP contribution in [-0.2, 0) is 73.3 Å². The normalized spacial score (nSPS) is 29.0. The minimum Gasteiger partial charge on any atom is -0.463 e. The summed E-state index contributed by atoms with van der Waals surface area (Å²) in [6.07, 6.45) is -11.2. The van der Waals surface area contributed by atoms with Crippen LogP contribution in [0, 0.1) is 0 Å². The highest BCUT2D eigenvalue weighted by Crippen LogP contribution is 2.42. The first-order valence-electron chi connectivity index (χ1n) is 15.6. The first kappa shape index (κ1) is 35.5. The summed E-state index contributed by atoms with van der Waals surface area (Å²) in [4.78, 5) is 90.6. The zero-order chi connectivity index (χ0) is 35.6. The van der Waals surface area contributed by atoms with Gasteiger partial charge in [-0.2, -0.15) is 0 Å². The van der Waals surface area contributed by atoms with Gasteiger partial charge in [-0.05, 0) is 29.7 Å². The van der Waals surface area contributed by atoms with Crippen LogP contribution in [0.4, 0.5) is 0 Å². The molecule has 1 aromatic carbocycles. The number of carbonyl (C=O) groups is 7. The fourth-order valence-electron chi connectivity index (χ4n) is 6.39. The predicted octanol–water partition coefficient (Wildman–Crippen LogP) is 0.604. The maximum atomic E-state index is 14.2. The van der Waals surface area contributed by atoms with Crippen molar-refractivity contribution >= 4 is 41.5 Å². The van der Waals surface area contributed by atoms with Crippen LogP contribution in [0.3, 0.4) is 0 Å². The molecule has 0 aliphatic carbocycles. The number of esters is 5. The highest BCUT2D eigenvalue weighted by molar-refractivity contribution is 5.91. The topological polar surface area (TPSA) is 206 Å². The quantitative estimate of drug-likeness (QED) is 0.270. The van der Waals surface area contributed by atoms with E-state index in [0.29, 0.717) is 22.6 Å². The Bertz CT molecular complexity index is 1520. The second kappa shape index (κ2) is 14.8. The van der Waals surface area contributed by atoms with Crippen molar-refractivity contribution in [3.63, 3.8) is 0 Å². The highest BCUT2D eigenvalue weighted by Gasteiger charge is 2.55. The molecule has 0 radical (unpaired) electrons. The lowest BCUT2D eigenvalue weighted by atomic mass is 9.86. The van der Waals surface area contributed by atoms with Gasteiger partial charge in [-0.25, -0.2) is 0 Å². The van der Waals surface area contributed by atoms with E-state index in [4.69, 9.17) is 42.6 Å². The third-order valence-electron chi connectivity index (χ3n) is 8.29. The smallest absolute Gasteiger partial charge is 0.303 e. The Kier molecular flexibility index (Phi) is 10.7. The number of rotatable bonds is 8. The molecule has 266 valence electrons. The van der Waals surface area contributed by atoms with E-state index in [1.807, 2.05) is 0 Å². The summed E-state index contributed by atoms with van der Waals surface area (Å²) in [5.74, 6) is -4.99. The molecule has 17 heteroatoms. The highest BCUT2D eigenvalue weighted by atomic mass is 16.7. The fraction of sp³-hybridized carbons (Fsp3) is 0.594. The van der Waals surface area contributed by atoms with E-state index in [1.54, 1.807) is 12.1 Å². The molecular weight excluding hydrogens is 654 g/mol. The van der Waals surface area contributed by atoms with Crippen molar-refractivity contribution in [1.29, 1.82) is 0 Å². The van der Waals surface area contributed by atoms with Crippen molar-refractivity contribution in [3.05, 3.63) is 23.3 Å². The molecule has 0 N–H and O–H groups in total. The molecule has 0 aromatic heterocycles. The van der Waals surface area contributed by atoms with Crippen LogP contribution in [0.1, 0.15) is 64.5 Å². The van der Waals surface area contributed by atoms with Crippen LogP contribution in [0.25, 0.3) is 0 Å². The van der Waals surface area contributed by atoms with Gasteiger partial charge in [0.1, 0.15) is 24.6 Å². The van der Waals surface area contributed by atoms with Crippen LogP contribution < -0.4 is 9.47 Å². The Morgan fingerprint density at radius 2 is 1.41 bits per heavy atom. The standard InChI is InChI=1S/C32H37NO16/c1-14(34)41-12-26-27(44-15(2)35)29(46-17(4)37)30(47-18(5)38)32(49-26)48-25-10-22(39)20-6-7-33(31(40)28(25)45-16(3)36)11-19-8-23-24(9-21(19)20)43-13-42-23/h8-9,20,25-30,32H,6-7,10-13H2,1-5H3/t20-,25+,26+,27+,28-,29-,30-,32?/m0/s1.